The van der Waals surface area contributed by atoms with E-state index in [9.17, 15) is 8.78 Å². The number of nitrogens with one attached hydrogen (secondary N) is 2. The fraction of sp³-hybridized carbons (Fsp3) is 0.500. The molecule has 1 aliphatic rings. The van der Waals surface area contributed by atoms with Crippen LogP contribution in [-0.2, 0) is 0 Å². The van der Waals surface area contributed by atoms with Gasteiger partial charge >= 0.3 is 0 Å². The maximum Gasteiger partial charge on any atom is 0.150 e. The minimum absolute atomic E-state index is 0.352. The van der Waals surface area contributed by atoms with Crippen molar-refractivity contribution in [3.63, 3.8) is 0 Å². The van der Waals surface area contributed by atoms with Gasteiger partial charge in [-0.05, 0) is 53.8 Å². The van der Waals surface area contributed by atoms with Crippen molar-refractivity contribution in [1.29, 1.82) is 0 Å². The van der Waals surface area contributed by atoms with E-state index < -0.39 is 11.6 Å². The van der Waals surface area contributed by atoms with Gasteiger partial charge in [0.25, 0.3) is 0 Å². The molecule has 0 aromatic heterocycles. The molecule has 0 bridgehead atoms. The Morgan fingerprint density at radius 3 is 2.65 bits per heavy atom. The van der Waals surface area contributed by atoms with Crippen molar-refractivity contribution in [2.24, 2.45) is 5.92 Å². The molecule has 2 N–H and O–H groups in total. The zero-order valence-corrected chi connectivity index (χ0v) is 11.0. The van der Waals surface area contributed by atoms with Gasteiger partial charge in [-0.1, -0.05) is 0 Å². The lowest BCUT2D eigenvalue weighted by atomic mass is 9.98. The number of hydrogen-bond donors (Lipinski definition) is 2. The Bertz CT molecular complexity index is 369. The second-order valence-electron chi connectivity index (χ2n) is 4.32. The topological polar surface area (TPSA) is 24.1 Å². The lowest BCUT2D eigenvalue weighted by Crippen LogP contribution is -2.31. The van der Waals surface area contributed by atoms with Crippen molar-refractivity contribution in [1.82, 2.24) is 5.32 Å². The number of benzene rings is 1. The molecule has 2 rings (SSSR count). The highest BCUT2D eigenvalue weighted by Crippen LogP contribution is 2.27. The molecule has 5 heteroatoms. The van der Waals surface area contributed by atoms with Crippen molar-refractivity contribution in [2.75, 3.05) is 25.0 Å². The van der Waals surface area contributed by atoms with Gasteiger partial charge in [-0.25, -0.2) is 8.78 Å². The van der Waals surface area contributed by atoms with E-state index in [-0.39, 0.29) is 0 Å². The van der Waals surface area contributed by atoms with Gasteiger partial charge in [0, 0.05) is 17.1 Å². The third-order valence-electron chi connectivity index (χ3n) is 3.03. The van der Waals surface area contributed by atoms with E-state index in [0.717, 1.165) is 38.5 Å². The summed E-state index contributed by atoms with van der Waals surface area (Å²) in [5.74, 6) is -0.569. The lowest BCUT2D eigenvalue weighted by molar-refractivity contribution is 0.389. The van der Waals surface area contributed by atoms with Crippen LogP contribution in [-0.4, -0.2) is 19.6 Å². The van der Waals surface area contributed by atoms with E-state index in [2.05, 4.69) is 26.6 Å². The highest BCUT2D eigenvalue weighted by atomic mass is 79.9. The summed E-state index contributed by atoms with van der Waals surface area (Å²) in [6.07, 6.45) is 2.18. The van der Waals surface area contributed by atoms with E-state index in [4.69, 9.17) is 0 Å². The van der Waals surface area contributed by atoms with E-state index in [1.54, 1.807) is 0 Å². The van der Waals surface area contributed by atoms with Crippen molar-refractivity contribution in [2.45, 2.75) is 12.8 Å². The van der Waals surface area contributed by atoms with Gasteiger partial charge in [0.05, 0.1) is 5.69 Å². The molecule has 94 valence electrons. The first kappa shape index (κ1) is 12.8. The Morgan fingerprint density at radius 1 is 1.29 bits per heavy atom. The molecule has 0 spiro atoms. The van der Waals surface area contributed by atoms with Gasteiger partial charge in [0.2, 0.25) is 0 Å². The number of halogens is 3. The second-order valence-corrected chi connectivity index (χ2v) is 5.17. The van der Waals surface area contributed by atoms with Crippen LogP contribution in [0.15, 0.2) is 16.6 Å². The van der Waals surface area contributed by atoms with Crippen molar-refractivity contribution in [3.8, 4) is 0 Å². The summed E-state index contributed by atoms with van der Waals surface area (Å²) < 4.78 is 26.9. The summed E-state index contributed by atoms with van der Waals surface area (Å²) >= 11 is 3.17. The summed E-state index contributed by atoms with van der Waals surface area (Å²) in [5.41, 5.74) is 0.352. The predicted molar refractivity (Wildman–Crippen MR) is 68.1 cm³/mol. The maximum atomic E-state index is 13.5. The monoisotopic (exact) mass is 304 g/mol. The smallest absolute Gasteiger partial charge is 0.150 e. The Morgan fingerprint density at radius 2 is 2.00 bits per heavy atom. The first-order valence-electron chi connectivity index (χ1n) is 5.76. The maximum absolute atomic E-state index is 13.5. The second kappa shape index (κ2) is 5.78. The van der Waals surface area contributed by atoms with Crippen molar-refractivity contribution in [3.05, 3.63) is 28.2 Å². The molecular weight excluding hydrogens is 290 g/mol. The summed E-state index contributed by atoms with van der Waals surface area (Å²) in [4.78, 5) is 0. The SMILES string of the molecule is Fc1cc(F)c(NCC2CCNCC2)c(Br)c1. The number of rotatable bonds is 3. The van der Waals surface area contributed by atoms with Crippen LogP contribution in [0.3, 0.4) is 0 Å². The molecule has 0 saturated carbocycles. The molecule has 17 heavy (non-hydrogen) atoms. The first-order chi connectivity index (χ1) is 8.16. The Labute approximate surface area is 108 Å². The van der Waals surface area contributed by atoms with Crippen molar-refractivity contribution >= 4 is 21.6 Å². The molecule has 0 amide bonds. The summed E-state index contributed by atoms with van der Waals surface area (Å²) in [5, 5.41) is 6.34. The molecule has 0 unspecified atom stereocenters. The minimum Gasteiger partial charge on any atom is -0.381 e. The molecule has 0 radical (unpaired) electrons. The van der Waals surface area contributed by atoms with Crippen LogP contribution in [0.5, 0.6) is 0 Å². The third kappa shape index (κ3) is 3.39. The van der Waals surface area contributed by atoms with Gasteiger partial charge < -0.3 is 10.6 Å². The Balaban J connectivity index is 1.98. The van der Waals surface area contributed by atoms with Gasteiger partial charge in [0.1, 0.15) is 11.6 Å². The predicted octanol–water partition coefficient (Wildman–Crippen LogP) is 3.14. The van der Waals surface area contributed by atoms with Crippen LogP contribution in [0.1, 0.15) is 12.8 Å². The number of hydrogen-bond acceptors (Lipinski definition) is 2. The lowest BCUT2D eigenvalue weighted by Gasteiger charge is -2.23. The zero-order chi connectivity index (χ0) is 12.3. The van der Waals surface area contributed by atoms with Gasteiger partial charge in [-0.2, -0.15) is 0 Å². The molecule has 1 heterocycles. The Kier molecular flexibility index (Phi) is 4.34. The first-order valence-corrected chi connectivity index (χ1v) is 6.55. The van der Waals surface area contributed by atoms with E-state index in [1.165, 1.54) is 6.07 Å². The van der Waals surface area contributed by atoms with E-state index >= 15 is 0 Å². The van der Waals surface area contributed by atoms with Gasteiger partial charge in [0.15, 0.2) is 0 Å². The number of anilines is 1. The molecule has 2 nitrogen and oxygen atoms in total. The summed E-state index contributed by atoms with van der Waals surface area (Å²) in [6.45, 7) is 2.75. The average Bonchev–Trinajstić information content (AvgIpc) is 2.29. The Hall–Kier alpha value is -0.680. The quantitative estimate of drug-likeness (QED) is 0.896. The standard InChI is InChI=1S/C12H15BrF2N2/c13-10-5-9(14)6-11(15)12(10)17-7-8-1-3-16-4-2-8/h5-6,8,16-17H,1-4,7H2. The fourth-order valence-corrected chi connectivity index (χ4v) is 2.59. The van der Waals surface area contributed by atoms with Crippen LogP contribution in [0.4, 0.5) is 14.5 Å². The van der Waals surface area contributed by atoms with Crippen LogP contribution < -0.4 is 10.6 Å². The molecular formula is C12H15BrF2N2. The molecule has 1 aliphatic heterocycles. The molecule has 1 saturated heterocycles. The zero-order valence-electron chi connectivity index (χ0n) is 9.40. The molecule has 1 fully saturated rings. The van der Waals surface area contributed by atoms with Crippen LogP contribution in [0.25, 0.3) is 0 Å². The van der Waals surface area contributed by atoms with Crippen molar-refractivity contribution < 1.29 is 8.78 Å². The van der Waals surface area contributed by atoms with Crippen LogP contribution in [0.2, 0.25) is 0 Å². The van der Waals surface area contributed by atoms with Gasteiger partial charge in [-0.15, -0.1) is 0 Å². The third-order valence-corrected chi connectivity index (χ3v) is 3.66. The summed E-state index contributed by atoms with van der Waals surface area (Å²) in [7, 11) is 0. The van der Waals surface area contributed by atoms with Crippen LogP contribution >= 0.6 is 15.9 Å². The highest BCUT2D eigenvalue weighted by molar-refractivity contribution is 9.10. The highest BCUT2D eigenvalue weighted by Gasteiger charge is 2.15. The van der Waals surface area contributed by atoms with Gasteiger partial charge in [-0.3, -0.25) is 0 Å². The van der Waals surface area contributed by atoms with E-state index in [0.29, 0.717) is 16.1 Å². The fourth-order valence-electron chi connectivity index (χ4n) is 2.04. The molecule has 0 aliphatic carbocycles. The van der Waals surface area contributed by atoms with Crippen LogP contribution in [0, 0.1) is 17.6 Å². The molecule has 0 atom stereocenters. The normalized spacial score (nSPS) is 17.1. The number of piperidine rings is 1. The molecule has 1 aromatic rings. The molecule has 1 aromatic carbocycles. The van der Waals surface area contributed by atoms with E-state index in [1.807, 2.05) is 0 Å². The largest absolute Gasteiger partial charge is 0.381 e. The average molecular weight is 305 g/mol. The minimum atomic E-state index is -0.568. The summed E-state index contributed by atoms with van der Waals surface area (Å²) in [6, 6.07) is 2.17.